The van der Waals surface area contributed by atoms with Crippen LogP contribution in [0, 0.1) is 17.6 Å². The van der Waals surface area contributed by atoms with Gasteiger partial charge in [-0.1, -0.05) is 19.1 Å². The third kappa shape index (κ3) is 9.97. The Kier molecular flexibility index (Phi) is 13.3. The second kappa shape index (κ2) is 17.2. The van der Waals surface area contributed by atoms with Gasteiger partial charge in [-0.25, -0.2) is 17.2 Å². The van der Waals surface area contributed by atoms with Crippen molar-refractivity contribution in [2.24, 2.45) is 5.92 Å². The number of rotatable bonds is 10. The first-order valence-electron chi connectivity index (χ1n) is 16.2. The number of sulfonamides is 1. The van der Waals surface area contributed by atoms with Crippen LogP contribution in [0.5, 0.6) is 11.5 Å². The van der Waals surface area contributed by atoms with Crippen LogP contribution in [-0.4, -0.2) is 82.2 Å². The molecular formula is C36H46F2N2O7S. The molecule has 3 aromatic rings. The predicted molar refractivity (Wildman–Crippen MR) is 179 cm³/mol. The SMILES string of the molecule is COc1ccc(COC[C@H](C)N2C[C@@H](C)[C@H](CN(C)S(=O)(=O)c3ccc(F)cc3)OCCCC[C@H](C)Oc3ccc(F)cc3C2=O)cc1. The van der Waals surface area contributed by atoms with E-state index in [0.717, 1.165) is 29.9 Å². The lowest BCUT2D eigenvalue weighted by atomic mass is 10.0. The highest BCUT2D eigenvalue weighted by atomic mass is 32.2. The minimum atomic E-state index is -3.96. The predicted octanol–water partition coefficient (Wildman–Crippen LogP) is 6.31. The highest BCUT2D eigenvalue weighted by molar-refractivity contribution is 7.89. The largest absolute Gasteiger partial charge is 0.497 e. The van der Waals surface area contributed by atoms with Gasteiger partial charge in [-0.15, -0.1) is 0 Å². The lowest BCUT2D eigenvalue weighted by molar-refractivity contribution is -0.0121. The Balaban J connectivity index is 1.61. The molecule has 0 saturated carbocycles. The number of carbonyl (C=O) groups excluding carboxylic acids is 1. The minimum Gasteiger partial charge on any atom is -0.497 e. The van der Waals surface area contributed by atoms with Crippen LogP contribution in [0.4, 0.5) is 8.78 Å². The molecule has 0 saturated heterocycles. The zero-order valence-electron chi connectivity index (χ0n) is 28.2. The summed E-state index contributed by atoms with van der Waals surface area (Å²) in [5, 5.41) is 0. The average Bonchev–Trinajstić information content (AvgIpc) is 3.06. The fourth-order valence-corrected chi connectivity index (χ4v) is 6.74. The van der Waals surface area contributed by atoms with Crippen LogP contribution in [0.15, 0.2) is 71.6 Å². The number of halogens is 2. The van der Waals surface area contributed by atoms with Gasteiger partial charge in [0.25, 0.3) is 5.91 Å². The van der Waals surface area contributed by atoms with Gasteiger partial charge in [-0.3, -0.25) is 4.79 Å². The summed E-state index contributed by atoms with van der Waals surface area (Å²) in [5.41, 5.74) is 1.03. The van der Waals surface area contributed by atoms with Crippen LogP contribution in [0.2, 0.25) is 0 Å². The van der Waals surface area contributed by atoms with Gasteiger partial charge in [0.15, 0.2) is 0 Å². The minimum absolute atomic E-state index is 0.00398. The normalized spacial score (nSPS) is 20.5. The molecule has 0 fully saturated rings. The fourth-order valence-electron chi connectivity index (χ4n) is 5.56. The van der Waals surface area contributed by atoms with Crippen molar-refractivity contribution in [3.63, 3.8) is 0 Å². The van der Waals surface area contributed by atoms with E-state index in [1.54, 1.807) is 12.0 Å². The van der Waals surface area contributed by atoms with Gasteiger partial charge in [0, 0.05) is 32.7 Å². The summed E-state index contributed by atoms with van der Waals surface area (Å²) >= 11 is 0. The van der Waals surface area contributed by atoms with Crippen molar-refractivity contribution < 1.29 is 40.9 Å². The summed E-state index contributed by atoms with van der Waals surface area (Å²) in [6.07, 6.45) is 1.31. The summed E-state index contributed by atoms with van der Waals surface area (Å²) in [5.74, 6) is -0.867. The maximum atomic E-state index is 14.6. The van der Waals surface area contributed by atoms with Crippen molar-refractivity contribution in [1.82, 2.24) is 9.21 Å². The van der Waals surface area contributed by atoms with Crippen LogP contribution in [-0.2, 0) is 26.1 Å². The molecule has 4 atom stereocenters. The Morgan fingerprint density at radius 3 is 2.38 bits per heavy atom. The number of methoxy groups -OCH3 is 1. The third-order valence-corrected chi connectivity index (χ3v) is 10.3. The Morgan fingerprint density at radius 1 is 1.00 bits per heavy atom. The maximum Gasteiger partial charge on any atom is 0.258 e. The van der Waals surface area contributed by atoms with Crippen LogP contribution < -0.4 is 9.47 Å². The molecule has 12 heteroatoms. The summed E-state index contributed by atoms with van der Waals surface area (Å²) in [6, 6.07) is 15.6. The number of amides is 1. The second-order valence-corrected chi connectivity index (χ2v) is 14.4. The average molecular weight is 689 g/mol. The van der Waals surface area contributed by atoms with E-state index < -0.39 is 39.7 Å². The van der Waals surface area contributed by atoms with Gasteiger partial charge >= 0.3 is 0 Å². The van der Waals surface area contributed by atoms with Gasteiger partial charge < -0.3 is 23.8 Å². The lowest BCUT2D eigenvalue weighted by Crippen LogP contribution is -2.48. The van der Waals surface area contributed by atoms with E-state index in [9.17, 15) is 22.0 Å². The molecule has 1 aliphatic heterocycles. The van der Waals surface area contributed by atoms with Crippen molar-refractivity contribution in [3.05, 3.63) is 89.5 Å². The smallest absolute Gasteiger partial charge is 0.258 e. The quantitative estimate of drug-likeness (QED) is 0.246. The van der Waals surface area contributed by atoms with E-state index in [1.807, 2.05) is 45.0 Å². The molecular weight excluding hydrogens is 642 g/mol. The molecule has 0 aromatic heterocycles. The number of likely N-dealkylation sites (N-methyl/N-ethyl adjacent to an activating group) is 1. The zero-order valence-corrected chi connectivity index (χ0v) is 29.0. The fraction of sp³-hybridized carbons (Fsp3) is 0.472. The molecule has 0 radical (unpaired) electrons. The van der Waals surface area contributed by atoms with Gasteiger partial charge in [-0.2, -0.15) is 4.31 Å². The van der Waals surface area contributed by atoms with Crippen LogP contribution in [0.1, 0.15) is 56.0 Å². The number of fused-ring (bicyclic) bond motifs is 1. The van der Waals surface area contributed by atoms with Gasteiger partial charge in [-0.05, 0) is 93.3 Å². The van der Waals surface area contributed by atoms with E-state index in [-0.39, 0.29) is 42.2 Å². The molecule has 0 bridgehead atoms. The molecule has 9 nitrogen and oxygen atoms in total. The van der Waals surface area contributed by atoms with Crippen LogP contribution in [0.3, 0.4) is 0 Å². The lowest BCUT2D eigenvalue weighted by Gasteiger charge is -2.36. The first kappa shape index (κ1) is 37.2. The first-order valence-corrected chi connectivity index (χ1v) is 17.6. The van der Waals surface area contributed by atoms with E-state index in [4.69, 9.17) is 18.9 Å². The Bertz CT molecular complexity index is 1590. The highest BCUT2D eigenvalue weighted by Gasteiger charge is 2.32. The summed E-state index contributed by atoms with van der Waals surface area (Å²) < 4.78 is 79.9. The molecule has 1 aliphatic rings. The van der Waals surface area contributed by atoms with Crippen molar-refractivity contribution >= 4 is 15.9 Å². The molecule has 0 unspecified atom stereocenters. The molecule has 48 heavy (non-hydrogen) atoms. The standard InChI is InChI=1S/C36H46F2N2O7S/c1-25-21-40(26(2)23-45-24-28-9-14-31(44-5)15-10-28)36(41)33-20-30(38)13-18-34(33)47-27(3)8-6-7-19-46-35(25)22-39(4)48(42,43)32-16-11-29(37)12-17-32/h9-18,20,25-27,35H,6-8,19,21-24H2,1-5H3/t25-,26+,27+,35+/m1/s1. The van der Waals surface area contributed by atoms with Crippen molar-refractivity contribution in [2.75, 3.05) is 40.5 Å². The molecule has 0 N–H and O–H groups in total. The van der Waals surface area contributed by atoms with E-state index >= 15 is 0 Å². The van der Waals surface area contributed by atoms with Crippen molar-refractivity contribution in [3.8, 4) is 11.5 Å². The molecule has 0 spiro atoms. The maximum absolute atomic E-state index is 14.6. The molecule has 3 aromatic carbocycles. The molecule has 262 valence electrons. The van der Waals surface area contributed by atoms with Crippen molar-refractivity contribution in [2.45, 2.75) is 69.8 Å². The Morgan fingerprint density at radius 2 is 1.69 bits per heavy atom. The van der Waals surface area contributed by atoms with E-state index in [0.29, 0.717) is 31.8 Å². The monoisotopic (exact) mass is 688 g/mol. The van der Waals surface area contributed by atoms with Crippen LogP contribution >= 0.6 is 0 Å². The number of ether oxygens (including phenoxy) is 4. The second-order valence-electron chi connectivity index (χ2n) is 12.4. The van der Waals surface area contributed by atoms with Gasteiger partial charge in [0.05, 0.1) is 49.0 Å². The Hall–Kier alpha value is -3.58. The number of hydrogen-bond acceptors (Lipinski definition) is 7. The highest BCUT2D eigenvalue weighted by Crippen LogP contribution is 2.27. The third-order valence-electron chi connectivity index (χ3n) is 8.50. The topological polar surface area (TPSA) is 94.6 Å². The summed E-state index contributed by atoms with van der Waals surface area (Å²) in [6.45, 7) is 6.66. The van der Waals surface area contributed by atoms with Crippen molar-refractivity contribution in [1.29, 1.82) is 0 Å². The number of hydrogen-bond donors (Lipinski definition) is 0. The van der Waals surface area contributed by atoms with Gasteiger partial charge in [0.2, 0.25) is 10.0 Å². The summed E-state index contributed by atoms with van der Waals surface area (Å²) in [4.78, 5) is 15.9. The number of carbonyl (C=O) groups is 1. The molecule has 0 aliphatic carbocycles. The van der Waals surface area contributed by atoms with Crippen LogP contribution in [0.25, 0.3) is 0 Å². The zero-order chi connectivity index (χ0) is 34.8. The number of benzene rings is 3. The number of nitrogens with zero attached hydrogens (tertiary/aromatic N) is 2. The van der Waals surface area contributed by atoms with E-state index in [2.05, 4.69) is 0 Å². The molecule has 4 rings (SSSR count). The van der Waals surface area contributed by atoms with E-state index in [1.165, 1.54) is 41.7 Å². The molecule has 1 amide bonds. The summed E-state index contributed by atoms with van der Waals surface area (Å²) in [7, 11) is -0.903. The Labute approximate surface area is 282 Å². The molecule has 1 heterocycles. The first-order chi connectivity index (χ1) is 22.9. The van der Waals surface area contributed by atoms with Gasteiger partial charge in [0.1, 0.15) is 23.1 Å².